The van der Waals surface area contributed by atoms with E-state index in [9.17, 15) is 13.2 Å². The van der Waals surface area contributed by atoms with E-state index in [2.05, 4.69) is 24.0 Å². The summed E-state index contributed by atoms with van der Waals surface area (Å²) in [5, 5.41) is 0. The van der Waals surface area contributed by atoms with Crippen molar-refractivity contribution in [2.75, 3.05) is 39.3 Å². The predicted octanol–water partition coefficient (Wildman–Crippen LogP) is 2.40. The number of sulfonamides is 1. The van der Waals surface area contributed by atoms with Gasteiger partial charge in [0.15, 0.2) is 0 Å². The molecule has 166 valence electrons. The number of aryl methyl sites for hydroxylation is 1. The minimum absolute atomic E-state index is 0.121. The van der Waals surface area contributed by atoms with Gasteiger partial charge in [0.2, 0.25) is 15.9 Å². The van der Waals surface area contributed by atoms with Gasteiger partial charge in [0.05, 0.1) is 10.9 Å². The zero-order chi connectivity index (χ0) is 21.8. The Balaban J connectivity index is 1.31. The van der Waals surface area contributed by atoms with Gasteiger partial charge in [-0.2, -0.15) is 4.31 Å². The largest absolute Gasteiger partial charge is 0.341 e. The van der Waals surface area contributed by atoms with Crippen LogP contribution in [-0.2, 0) is 27.7 Å². The van der Waals surface area contributed by atoms with Gasteiger partial charge < -0.3 is 4.90 Å². The summed E-state index contributed by atoms with van der Waals surface area (Å²) >= 11 is 0. The van der Waals surface area contributed by atoms with Crippen LogP contribution in [0.4, 0.5) is 0 Å². The molecule has 0 saturated carbocycles. The number of hydrogen-bond acceptors (Lipinski definition) is 4. The molecule has 0 aromatic heterocycles. The fraction of sp³-hybridized carbons (Fsp3) is 0.458. The highest BCUT2D eigenvalue weighted by Crippen LogP contribution is 2.23. The third-order valence-corrected chi connectivity index (χ3v) is 8.38. The van der Waals surface area contributed by atoms with Crippen molar-refractivity contribution in [1.29, 1.82) is 0 Å². The summed E-state index contributed by atoms with van der Waals surface area (Å²) in [6, 6.07) is 17.3. The van der Waals surface area contributed by atoms with Gasteiger partial charge >= 0.3 is 0 Å². The molecule has 2 aromatic carbocycles. The second-order valence-corrected chi connectivity index (χ2v) is 10.2. The second-order valence-electron chi connectivity index (χ2n) is 8.30. The lowest BCUT2D eigenvalue weighted by atomic mass is 10.1. The van der Waals surface area contributed by atoms with Gasteiger partial charge in [0.25, 0.3) is 0 Å². The maximum absolute atomic E-state index is 13.0. The van der Waals surface area contributed by atoms with Crippen LogP contribution in [0.5, 0.6) is 0 Å². The zero-order valence-corrected chi connectivity index (χ0v) is 18.9. The molecular weight excluding hydrogens is 410 g/mol. The Labute approximate surface area is 185 Å². The van der Waals surface area contributed by atoms with Crippen LogP contribution < -0.4 is 0 Å². The summed E-state index contributed by atoms with van der Waals surface area (Å²) in [4.78, 5) is 17.4. The molecule has 2 saturated heterocycles. The molecule has 0 radical (unpaired) electrons. The molecule has 0 N–H and O–H groups in total. The van der Waals surface area contributed by atoms with E-state index in [0.717, 1.165) is 37.9 Å². The van der Waals surface area contributed by atoms with Crippen LogP contribution in [0.3, 0.4) is 0 Å². The number of hydrogen-bond donors (Lipinski definition) is 0. The minimum atomic E-state index is -3.49. The third-order valence-electron chi connectivity index (χ3n) is 6.47. The van der Waals surface area contributed by atoms with Crippen molar-refractivity contribution >= 4 is 15.9 Å². The normalized spacial score (nSPS) is 21.0. The van der Waals surface area contributed by atoms with E-state index >= 15 is 0 Å². The number of benzene rings is 2. The first-order valence-corrected chi connectivity index (χ1v) is 12.6. The van der Waals surface area contributed by atoms with Gasteiger partial charge in [-0.05, 0) is 42.5 Å². The summed E-state index contributed by atoms with van der Waals surface area (Å²) in [5.74, 6) is 0.183. The van der Waals surface area contributed by atoms with Crippen LogP contribution in [0.1, 0.15) is 24.5 Å². The monoisotopic (exact) mass is 441 g/mol. The first kappa shape index (κ1) is 22.0. The molecular formula is C24H31N3O3S. The molecule has 2 aliphatic heterocycles. The number of likely N-dealkylation sites (tertiary alicyclic amines) is 1. The first-order chi connectivity index (χ1) is 15.0. The molecule has 2 fully saturated rings. The molecule has 31 heavy (non-hydrogen) atoms. The SMILES string of the molecule is CCc1ccc(S(=O)(=O)N2CCN(C3CCN(CCc4ccccc4)C3=O)CC2)cc1. The Morgan fingerprint density at radius 3 is 2.19 bits per heavy atom. The summed E-state index contributed by atoms with van der Waals surface area (Å²) in [6.45, 7) is 5.59. The Hall–Kier alpha value is -2.22. The Kier molecular flexibility index (Phi) is 6.74. The van der Waals surface area contributed by atoms with Gasteiger partial charge in [-0.25, -0.2) is 8.42 Å². The molecule has 2 heterocycles. The lowest BCUT2D eigenvalue weighted by Gasteiger charge is -2.36. The average molecular weight is 442 g/mol. The van der Waals surface area contributed by atoms with Crippen LogP contribution in [0.2, 0.25) is 0 Å². The lowest BCUT2D eigenvalue weighted by Crippen LogP contribution is -2.53. The highest BCUT2D eigenvalue weighted by atomic mass is 32.2. The van der Waals surface area contributed by atoms with Gasteiger partial charge in [-0.15, -0.1) is 0 Å². The molecule has 1 amide bonds. The fourth-order valence-electron chi connectivity index (χ4n) is 4.49. The molecule has 0 bridgehead atoms. The Morgan fingerprint density at radius 1 is 0.871 bits per heavy atom. The minimum Gasteiger partial charge on any atom is -0.341 e. The van der Waals surface area contributed by atoms with E-state index in [-0.39, 0.29) is 11.9 Å². The number of carbonyl (C=O) groups is 1. The molecule has 6 nitrogen and oxygen atoms in total. The van der Waals surface area contributed by atoms with E-state index in [0.29, 0.717) is 31.1 Å². The van der Waals surface area contributed by atoms with E-state index in [4.69, 9.17) is 0 Å². The maximum atomic E-state index is 13.0. The highest BCUT2D eigenvalue weighted by molar-refractivity contribution is 7.89. The van der Waals surface area contributed by atoms with Crippen LogP contribution >= 0.6 is 0 Å². The summed E-state index contributed by atoms with van der Waals surface area (Å²) in [5.41, 5.74) is 2.37. The van der Waals surface area contributed by atoms with Crippen LogP contribution in [-0.4, -0.2) is 73.7 Å². The summed E-state index contributed by atoms with van der Waals surface area (Å²) < 4.78 is 27.5. The lowest BCUT2D eigenvalue weighted by molar-refractivity contribution is -0.132. The molecule has 2 aliphatic rings. The predicted molar refractivity (Wildman–Crippen MR) is 121 cm³/mol. The van der Waals surface area contributed by atoms with E-state index < -0.39 is 10.0 Å². The fourth-order valence-corrected chi connectivity index (χ4v) is 5.92. The van der Waals surface area contributed by atoms with E-state index in [1.807, 2.05) is 35.2 Å². The highest BCUT2D eigenvalue weighted by Gasteiger charge is 2.38. The summed E-state index contributed by atoms with van der Waals surface area (Å²) in [7, 11) is -3.49. The van der Waals surface area contributed by atoms with Crippen molar-refractivity contribution < 1.29 is 13.2 Å². The van der Waals surface area contributed by atoms with Gasteiger partial charge in [-0.3, -0.25) is 9.69 Å². The van der Waals surface area contributed by atoms with Crippen molar-refractivity contribution in [3.8, 4) is 0 Å². The molecule has 1 unspecified atom stereocenters. The van der Waals surface area contributed by atoms with Crippen molar-refractivity contribution in [2.45, 2.75) is 37.1 Å². The molecule has 0 aliphatic carbocycles. The molecule has 0 spiro atoms. The Bertz CT molecular complexity index is 984. The number of nitrogens with zero attached hydrogens (tertiary/aromatic N) is 3. The van der Waals surface area contributed by atoms with Crippen LogP contribution in [0.15, 0.2) is 59.5 Å². The maximum Gasteiger partial charge on any atom is 0.243 e. The smallest absolute Gasteiger partial charge is 0.243 e. The molecule has 1 atom stereocenters. The first-order valence-electron chi connectivity index (χ1n) is 11.1. The van der Waals surface area contributed by atoms with E-state index in [1.165, 1.54) is 5.56 Å². The Morgan fingerprint density at radius 2 is 1.55 bits per heavy atom. The number of piperazine rings is 1. The van der Waals surface area contributed by atoms with E-state index in [1.54, 1.807) is 16.4 Å². The van der Waals surface area contributed by atoms with Crippen LogP contribution in [0, 0.1) is 0 Å². The van der Waals surface area contributed by atoms with Crippen molar-refractivity contribution in [3.05, 3.63) is 65.7 Å². The molecule has 7 heteroatoms. The topological polar surface area (TPSA) is 60.9 Å². The van der Waals surface area contributed by atoms with Crippen molar-refractivity contribution in [1.82, 2.24) is 14.1 Å². The number of rotatable bonds is 7. The van der Waals surface area contributed by atoms with Crippen molar-refractivity contribution in [3.63, 3.8) is 0 Å². The van der Waals surface area contributed by atoms with Gasteiger partial charge in [-0.1, -0.05) is 49.4 Å². The van der Waals surface area contributed by atoms with Crippen molar-refractivity contribution in [2.24, 2.45) is 0 Å². The quantitative estimate of drug-likeness (QED) is 0.662. The summed E-state index contributed by atoms with van der Waals surface area (Å²) in [6.07, 6.45) is 2.57. The number of carbonyl (C=O) groups excluding carboxylic acids is 1. The van der Waals surface area contributed by atoms with Gasteiger partial charge in [0, 0.05) is 39.3 Å². The van der Waals surface area contributed by atoms with Crippen LogP contribution in [0.25, 0.3) is 0 Å². The zero-order valence-electron chi connectivity index (χ0n) is 18.1. The third kappa shape index (κ3) is 4.84. The average Bonchev–Trinajstić information content (AvgIpc) is 3.18. The number of amides is 1. The molecule has 2 aromatic rings. The van der Waals surface area contributed by atoms with Gasteiger partial charge in [0.1, 0.15) is 0 Å². The second kappa shape index (κ2) is 9.51. The molecule has 4 rings (SSSR count). The standard InChI is InChI=1S/C24H31N3O3S/c1-2-20-8-10-22(11-9-20)31(29,30)27-18-16-25(17-19-27)23-13-15-26(24(23)28)14-12-21-6-4-3-5-7-21/h3-11,23H,2,12-19H2,1H3.